The first-order valence-electron chi connectivity index (χ1n) is 9.52. The number of carbonyl (C=O) groups is 1. The molecule has 1 aliphatic rings. The Labute approximate surface area is 178 Å². The molecule has 8 nitrogen and oxygen atoms in total. The average Bonchev–Trinajstić information content (AvgIpc) is 3.31. The van der Waals surface area contributed by atoms with E-state index in [4.69, 9.17) is 0 Å². The number of rotatable bonds is 4. The Balaban J connectivity index is 1.38. The van der Waals surface area contributed by atoms with Crippen molar-refractivity contribution in [1.82, 2.24) is 14.7 Å². The van der Waals surface area contributed by atoms with Gasteiger partial charge in [0.15, 0.2) is 0 Å². The van der Waals surface area contributed by atoms with Crippen molar-refractivity contribution in [2.75, 3.05) is 11.9 Å². The molecule has 2 heterocycles. The Bertz CT molecular complexity index is 1420. The van der Waals surface area contributed by atoms with Crippen LogP contribution in [0.2, 0.25) is 0 Å². The van der Waals surface area contributed by atoms with Gasteiger partial charge in [-0.3, -0.25) is 14.5 Å². The molecule has 3 aromatic carbocycles. The standard InChI is InChI=1S/C22H17N5O3S/c28-20(13-23-21-15-8-2-6-12-19(15)31(29,30)27-21)24-16-9-3-1-7-14(16)22-25-17-10-4-5-11-18(17)26-22/h1-12H,13H2,(H,23,27)(H,24,28)(H,25,26). The molecule has 1 amide bonds. The molecule has 0 fully saturated rings. The van der Waals surface area contributed by atoms with E-state index in [0.29, 0.717) is 17.1 Å². The molecule has 31 heavy (non-hydrogen) atoms. The molecule has 4 aromatic rings. The Morgan fingerprint density at radius 1 is 0.935 bits per heavy atom. The van der Waals surface area contributed by atoms with Crippen LogP contribution in [0.5, 0.6) is 0 Å². The molecule has 0 saturated carbocycles. The molecule has 0 bridgehead atoms. The van der Waals surface area contributed by atoms with Crippen LogP contribution in [-0.2, 0) is 14.8 Å². The smallest absolute Gasteiger partial charge is 0.263 e. The van der Waals surface area contributed by atoms with E-state index in [0.717, 1.165) is 16.6 Å². The largest absolute Gasteiger partial charge is 0.338 e. The van der Waals surface area contributed by atoms with Gasteiger partial charge in [0.25, 0.3) is 10.0 Å². The second-order valence-corrected chi connectivity index (χ2v) is 8.61. The number of amides is 1. The molecule has 1 aliphatic heterocycles. The van der Waals surface area contributed by atoms with Gasteiger partial charge in [0.05, 0.1) is 21.6 Å². The normalized spacial score (nSPS) is 15.5. The fourth-order valence-electron chi connectivity index (χ4n) is 3.47. The number of aliphatic imine (C=N–C) groups is 1. The van der Waals surface area contributed by atoms with Crippen LogP contribution in [0.1, 0.15) is 5.56 Å². The average molecular weight is 431 g/mol. The van der Waals surface area contributed by atoms with Crippen molar-refractivity contribution in [2.24, 2.45) is 4.99 Å². The molecule has 0 radical (unpaired) electrons. The Morgan fingerprint density at radius 2 is 1.65 bits per heavy atom. The summed E-state index contributed by atoms with van der Waals surface area (Å²) in [6.45, 7) is -0.235. The third-order valence-electron chi connectivity index (χ3n) is 4.89. The summed E-state index contributed by atoms with van der Waals surface area (Å²) in [4.78, 5) is 24.8. The number of aromatic nitrogens is 2. The zero-order valence-corrected chi connectivity index (χ0v) is 17.0. The van der Waals surface area contributed by atoms with Gasteiger partial charge in [-0.15, -0.1) is 0 Å². The predicted molar refractivity (Wildman–Crippen MR) is 118 cm³/mol. The molecule has 3 N–H and O–H groups in total. The molecular weight excluding hydrogens is 414 g/mol. The first-order valence-corrected chi connectivity index (χ1v) is 11.0. The van der Waals surface area contributed by atoms with Gasteiger partial charge in [-0.2, -0.15) is 0 Å². The zero-order valence-electron chi connectivity index (χ0n) is 16.2. The van der Waals surface area contributed by atoms with Crippen LogP contribution in [0, 0.1) is 0 Å². The highest BCUT2D eigenvalue weighted by atomic mass is 32.2. The fourth-order valence-corrected chi connectivity index (χ4v) is 4.72. The van der Waals surface area contributed by atoms with Crippen molar-refractivity contribution in [3.63, 3.8) is 0 Å². The minimum absolute atomic E-state index is 0.157. The maximum absolute atomic E-state index is 12.6. The molecule has 0 spiro atoms. The SMILES string of the molecule is O=C(CN=C1NS(=O)(=O)c2ccccc21)Nc1ccccc1-c1nc2ccccc2[nH]1. The summed E-state index contributed by atoms with van der Waals surface area (Å²) in [7, 11) is -3.64. The third-order valence-corrected chi connectivity index (χ3v) is 6.29. The van der Waals surface area contributed by atoms with Gasteiger partial charge in [-0.05, 0) is 36.4 Å². The topological polar surface area (TPSA) is 116 Å². The highest BCUT2D eigenvalue weighted by Gasteiger charge is 2.30. The van der Waals surface area contributed by atoms with Crippen molar-refractivity contribution in [1.29, 1.82) is 0 Å². The maximum Gasteiger partial charge on any atom is 0.263 e. The van der Waals surface area contributed by atoms with Crippen molar-refractivity contribution in [3.8, 4) is 11.4 Å². The van der Waals surface area contributed by atoms with Crippen LogP contribution in [0.3, 0.4) is 0 Å². The number of sulfonamides is 1. The third kappa shape index (κ3) is 3.55. The summed E-state index contributed by atoms with van der Waals surface area (Å²) >= 11 is 0. The lowest BCUT2D eigenvalue weighted by Crippen LogP contribution is -2.24. The number of nitrogens with zero attached hydrogens (tertiary/aromatic N) is 2. The molecule has 0 aliphatic carbocycles. The molecule has 0 atom stereocenters. The van der Waals surface area contributed by atoms with Gasteiger partial charge < -0.3 is 10.3 Å². The van der Waals surface area contributed by atoms with Gasteiger partial charge in [0, 0.05) is 11.1 Å². The molecule has 154 valence electrons. The quantitative estimate of drug-likeness (QED) is 0.461. The number of benzene rings is 3. The van der Waals surface area contributed by atoms with Gasteiger partial charge >= 0.3 is 0 Å². The zero-order chi connectivity index (χ0) is 21.4. The molecule has 1 aromatic heterocycles. The van der Waals surface area contributed by atoms with Crippen LogP contribution in [-0.4, -0.2) is 36.7 Å². The Hall–Kier alpha value is -3.98. The van der Waals surface area contributed by atoms with E-state index < -0.39 is 10.0 Å². The summed E-state index contributed by atoms with van der Waals surface area (Å²) in [5, 5.41) is 2.84. The van der Waals surface area contributed by atoms with E-state index in [9.17, 15) is 13.2 Å². The summed E-state index contributed by atoms with van der Waals surface area (Å²) in [5.74, 6) is 0.428. The Kier molecular flexibility index (Phi) is 4.52. The van der Waals surface area contributed by atoms with Crippen molar-refractivity contribution >= 4 is 38.5 Å². The summed E-state index contributed by atoms with van der Waals surface area (Å²) in [6.07, 6.45) is 0. The highest BCUT2D eigenvalue weighted by Crippen LogP contribution is 2.27. The van der Waals surface area contributed by atoms with Crippen molar-refractivity contribution in [2.45, 2.75) is 4.90 Å². The van der Waals surface area contributed by atoms with Gasteiger partial charge in [0.2, 0.25) is 5.91 Å². The highest BCUT2D eigenvalue weighted by molar-refractivity contribution is 7.90. The summed E-state index contributed by atoms with van der Waals surface area (Å²) in [6, 6.07) is 21.5. The number of anilines is 1. The number of nitrogens with one attached hydrogen (secondary N) is 3. The fraction of sp³-hybridized carbons (Fsp3) is 0.0455. The maximum atomic E-state index is 12.6. The summed E-state index contributed by atoms with van der Waals surface area (Å²) in [5.41, 5.74) is 3.51. The number of carbonyl (C=O) groups excluding carboxylic acids is 1. The van der Waals surface area contributed by atoms with Gasteiger partial charge in [-0.25, -0.2) is 13.4 Å². The van der Waals surface area contributed by atoms with Crippen LogP contribution in [0.25, 0.3) is 22.4 Å². The number of imidazole rings is 1. The second kappa shape index (κ2) is 7.37. The molecular formula is C22H17N5O3S. The Morgan fingerprint density at radius 3 is 2.48 bits per heavy atom. The molecule has 5 rings (SSSR count). The van der Waals surface area contributed by atoms with E-state index >= 15 is 0 Å². The number of hydrogen-bond donors (Lipinski definition) is 3. The summed E-state index contributed by atoms with van der Waals surface area (Å²) < 4.78 is 26.7. The number of para-hydroxylation sites is 3. The lowest BCUT2D eigenvalue weighted by atomic mass is 10.1. The second-order valence-electron chi connectivity index (χ2n) is 6.96. The molecule has 9 heteroatoms. The minimum atomic E-state index is -3.64. The van der Waals surface area contributed by atoms with E-state index in [2.05, 4.69) is 25.0 Å². The van der Waals surface area contributed by atoms with E-state index in [-0.39, 0.29) is 23.2 Å². The lowest BCUT2D eigenvalue weighted by molar-refractivity contribution is -0.114. The van der Waals surface area contributed by atoms with Crippen LogP contribution >= 0.6 is 0 Å². The first kappa shape index (κ1) is 19.0. The first-order chi connectivity index (χ1) is 15.0. The van der Waals surface area contributed by atoms with Crippen LogP contribution in [0.15, 0.2) is 82.7 Å². The van der Waals surface area contributed by atoms with E-state index in [1.165, 1.54) is 6.07 Å². The van der Waals surface area contributed by atoms with Gasteiger partial charge in [0.1, 0.15) is 18.2 Å². The number of aromatic amines is 1. The van der Waals surface area contributed by atoms with Crippen molar-refractivity contribution < 1.29 is 13.2 Å². The minimum Gasteiger partial charge on any atom is -0.338 e. The molecule has 0 unspecified atom stereocenters. The van der Waals surface area contributed by atoms with E-state index in [1.54, 1.807) is 24.3 Å². The van der Waals surface area contributed by atoms with Crippen LogP contribution in [0.4, 0.5) is 5.69 Å². The van der Waals surface area contributed by atoms with E-state index in [1.807, 2.05) is 42.5 Å². The number of H-pyrrole nitrogens is 1. The number of amidine groups is 1. The predicted octanol–water partition coefficient (Wildman–Crippen LogP) is 2.91. The number of fused-ring (bicyclic) bond motifs is 2. The number of hydrogen-bond acceptors (Lipinski definition) is 5. The monoisotopic (exact) mass is 431 g/mol. The lowest BCUT2D eigenvalue weighted by Gasteiger charge is -2.08. The van der Waals surface area contributed by atoms with Gasteiger partial charge in [-0.1, -0.05) is 36.4 Å². The molecule has 0 saturated heterocycles. The van der Waals surface area contributed by atoms with Crippen molar-refractivity contribution in [3.05, 3.63) is 78.4 Å². The van der Waals surface area contributed by atoms with Crippen LogP contribution < -0.4 is 10.0 Å².